The van der Waals surface area contributed by atoms with Crippen molar-refractivity contribution in [2.24, 2.45) is 5.92 Å². The Hall–Kier alpha value is -0.820. The zero-order valence-corrected chi connectivity index (χ0v) is 11.9. The quantitative estimate of drug-likeness (QED) is 0.743. The highest BCUT2D eigenvalue weighted by Gasteiger charge is 2.18. The van der Waals surface area contributed by atoms with Crippen LogP contribution in [0.3, 0.4) is 0 Å². The molecule has 18 heavy (non-hydrogen) atoms. The lowest BCUT2D eigenvalue weighted by Crippen LogP contribution is -2.25. The Morgan fingerprint density at radius 1 is 1.28 bits per heavy atom. The normalized spacial score (nSPS) is 18.9. The van der Waals surface area contributed by atoms with Crippen LogP contribution in [-0.2, 0) is 6.42 Å². The summed E-state index contributed by atoms with van der Waals surface area (Å²) in [4.78, 5) is 0. The number of hydrogen-bond acceptors (Lipinski definition) is 1. The largest absolute Gasteiger partial charge is 0.316 e. The Labute approximate surface area is 112 Å². The highest BCUT2D eigenvalue weighted by molar-refractivity contribution is 5.32. The van der Waals surface area contributed by atoms with E-state index in [-0.39, 0.29) is 0 Å². The molecule has 0 heterocycles. The van der Waals surface area contributed by atoms with Gasteiger partial charge in [-0.05, 0) is 61.6 Å². The van der Waals surface area contributed by atoms with Crippen molar-refractivity contribution >= 4 is 0 Å². The van der Waals surface area contributed by atoms with E-state index in [1.807, 2.05) is 0 Å². The van der Waals surface area contributed by atoms with Gasteiger partial charge in [-0.15, -0.1) is 0 Å². The first kappa shape index (κ1) is 13.6. The molecular formula is C17H27N. The minimum Gasteiger partial charge on any atom is -0.316 e. The van der Waals surface area contributed by atoms with Gasteiger partial charge in [0, 0.05) is 6.54 Å². The zero-order valence-electron chi connectivity index (χ0n) is 11.9. The lowest BCUT2D eigenvalue weighted by molar-refractivity contribution is 0.481. The van der Waals surface area contributed by atoms with Crippen molar-refractivity contribution in [3.8, 4) is 0 Å². The van der Waals surface area contributed by atoms with Crippen molar-refractivity contribution in [3.05, 3.63) is 35.4 Å². The van der Waals surface area contributed by atoms with Crippen molar-refractivity contribution in [3.63, 3.8) is 0 Å². The zero-order chi connectivity index (χ0) is 12.8. The standard InChI is InChI=1S/C17H27N/c1-14(2)7-6-12-18-13-16-10-5-9-15-8-3-4-11-17(15)16/h3-4,8,11,14,16,18H,5-7,9-10,12-13H2,1-2H3. The Bertz CT molecular complexity index is 356. The van der Waals surface area contributed by atoms with Crippen LogP contribution in [0, 0.1) is 5.92 Å². The van der Waals surface area contributed by atoms with Crippen LogP contribution in [0.2, 0.25) is 0 Å². The van der Waals surface area contributed by atoms with Gasteiger partial charge in [-0.2, -0.15) is 0 Å². The Morgan fingerprint density at radius 2 is 2.11 bits per heavy atom. The van der Waals surface area contributed by atoms with Crippen LogP contribution in [0.25, 0.3) is 0 Å². The summed E-state index contributed by atoms with van der Waals surface area (Å²) < 4.78 is 0. The summed E-state index contributed by atoms with van der Waals surface area (Å²) in [5.41, 5.74) is 3.18. The first-order chi connectivity index (χ1) is 8.77. The molecule has 1 aromatic carbocycles. The summed E-state index contributed by atoms with van der Waals surface area (Å²) in [5, 5.41) is 3.65. The van der Waals surface area contributed by atoms with E-state index in [2.05, 4.69) is 43.4 Å². The second kappa shape index (κ2) is 6.94. The number of rotatable bonds is 6. The van der Waals surface area contributed by atoms with Crippen LogP contribution < -0.4 is 5.32 Å². The minimum atomic E-state index is 0.744. The van der Waals surface area contributed by atoms with Gasteiger partial charge < -0.3 is 5.32 Å². The highest BCUT2D eigenvalue weighted by atomic mass is 14.9. The second-order valence-electron chi connectivity index (χ2n) is 6.03. The molecule has 0 radical (unpaired) electrons. The number of hydrogen-bond donors (Lipinski definition) is 1. The number of benzene rings is 1. The minimum absolute atomic E-state index is 0.744. The van der Waals surface area contributed by atoms with E-state index in [0.29, 0.717) is 0 Å². The van der Waals surface area contributed by atoms with Gasteiger partial charge >= 0.3 is 0 Å². The lowest BCUT2D eigenvalue weighted by Gasteiger charge is -2.25. The molecule has 1 N–H and O–H groups in total. The van der Waals surface area contributed by atoms with Gasteiger partial charge in [-0.1, -0.05) is 38.1 Å². The van der Waals surface area contributed by atoms with E-state index in [9.17, 15) is 0 Å². The summed E-state index contributed by atoms with van der Waals surface area (Å²) >= 11 is 0. The molecule has 0 fully saturated rings. The van der Waals surface area contributed by atoms with Crippen LogP contribution in [0.1, 0.15) is 56.6 Å². The molecular weight excluding hydrogens is 218 g/mol. The Morgan fingerprint density at radius 3 is 2.94 bits per heavy atom. The van der Waals surface area contributed by atoms with Crippen LogP contribution in [0.15, 0.2) is 24.3 Å². The third kappa shape index (κ3) is 3.84. The van der Waals surface area contributed by atoms with E-state index >= 15 is 0 Å². The maximum atomic E-state index is 3.65. The van der Waals surface area contributed by atoms with Crippen LogP contribution in [-0.4, -0.2) is 13.1 Å². The summed E-state index contributed by atoms with van der Waals surface area (Å²) in [6, 6.07) is 9.00. The van der Waals surface area contributed by atoms with Gasteiger partial charge in [0.2, 0.25) is 0 Å². The molecule has 1 heteroatoms. The van der Waals surface area contributed by atoms with E-state index in [0.717, 1.165) is 18.4 Å². The monoisotopic (exact) mass is 245 g/mol. The molecule has 0 spiro atoms. The molecule has 0 aromatic heterocycles. The summed E-state index contributed by atoms with van der Waals surface area (Å²) in [6.07, 6.45) is 6.64. The Balaban J connectivity index is 1.77. The Kier molecular flexibility index (Phi) is 5.25. The maximum Gasteiger partial charge on any atom is 0.00202 e. The molecule has 0 saturated heterocycles. The molecule has 0 saturated carbocycles. The molecule has 1 nitrogen and oxygen atoms in total. The van der Waals surface area contributed by atoms with Crippen molar-refractivity contribution in [2.45, 2.75) is 51.9 Å². The third-order valence-electron chi connectivity index (χ3n) is 4.02. The predicted octanol–water partition coefficient (Wildman–Crippen LogP) is 4.13. The van der Waals surface area contributed by atoms with Crippen molar-refractivity contribution in [2.75, 3.05) is 13.1 Å². The SMILES string of the molecule is CC(C)CCCNCC1CCCc2ccccc21. The van der Waals surface area contributed by atoms with Gasteiger partial charge in [0.1, 0.15) is 0 Å². The molecule has 1 aliphatic carbocycles. The fraction of sp³-hybridized carbons (Fsp3) is 0.647. The number of aryl methyl sites for hydroxylation is 1. The molecule has 2 rings (SSSR count). The van der Waals surface area contributed by atoms with Crippen molar-refractivity contribution in [1.82, 2.24) is 5.32 Å². The maximum absolute atomic E-state index is 3.65. The first-order valence-corrected chi connectivity index (χ1v) is 7.56. The topological polar surface area (TPSA) is 12.0 Å². The van der Waals surface area contributed by atoms with Gasteiger partial charge in [0.15, 0.2) is 0 Å². The van der Waals surface area contributed by atoms with Crippen LogP contribution in [0.5, 0.6) is 0 Å². The van der Waals surface area contributed by atoms with E-state index in [1.165, 1.54) is 38.6 Å². The summed E-state index contributed by atoms with van der Waals surface area (Å²) in [5.74, 6) is 1.58. The fourth-order valence-corrected chi connectivity index (χ4v) is 2.98. The van der Waals surface area contributed by atoms with E-state index in [4.69, 9.17) is 0 Å². The van der Waals surface area contributed by atoms with Crippen LogP contribution in [0.4, 0.5) is 0 Å². The van der Waals surface area contributed by atoms with Crippen molar-refractivity contribution in [1.29, 1.82) is 0 Å². The average molecular weight is 245 g/mol. The molecule has 1 aromatic rings. The van der Waals surface area contributed by atoms with E-state index in [1.54, 1.807) is 11.1 Å². The molecule has 1 aliphatic rings. The molecule has 1 atom stereocenters. The van der Waals surface area contributed by atoms with Crippen molar-refractivity contribution < 1.29 is 0 Å². The summed E-state index contributed by atoms with van der Waals surface area (Å²) in [6.45, 7) is 6.95. The van der Waals surface area contributed by atoms with E-state index < -0.39 is 0 Å². The molecule has 1 unspecified atom stereocenters. The molecule has 100 valence electrons. The lowest BCUT2D eigenvalue weighted by atomic mass is 9.83. The molecule has 0 aliphatic heterocycles. The number of nitrogens with one attached hydrogen (secondary N) is 1. The first-order valence-electron chi connectivity index (χ1n) is 7.56. The predicted molar refractivity (Wildman–Crippen MR) is 79.1 cm³/mol. The third-order valence-corrected chi connectivity index (χ3v) is 4.02. The van der Waals surface area contributed by atoms with Gasteiger partial charge in [0.25, 0.3) is 0 Å². The molecule has 0 amide bonds. The van der Waals surface area contributed by atoms with Crippen LogP contribution >= 0.6 is 0 Å². The highest BCUT2D eigenvalue weighted by Crippen LogP contribution is 2.30. The summed E-state index contributed by atoms with van der Waals surface area (Å²) in [7, 11) is 0. The molecule has 0 bridgehead atoms. The second-order valence-corrected chi connectivity index (χ2v) is 6.03. The smallest absolute Gasteiger partial charge is 0.00202 e. The number of fused-ring (bicyclic) bond motifs is 1. The van der Waals surface area contributed by atoms with Gasteiger partial charge in [-0.3, -0.25) is 0 Å². The average Bonchev–Trinajstić information content (AvgIpc) is 2.38. The van der Waals surface area contributed by atoms with Gasteiger partial charge in [-0.25, -0.2) is 0 Å². The van der Waals surface area contributed by atoms with Gasteiger partial charge in [0.05, 0.1) is 0 Å². The fourth-order valence-electron chi connectivity index (χ4n) is 2.98.